The summed E-state index contributed by atoms with van der Waals surface area (Å²) in [4.78, 5) is 19.2. The number of carbonyl (C=O) groups excluding carboxylic acids is 1. The van der Waals surface area contributed by atoms with Crippen LogP contribution in [0.3, 0.4) is 0 Å². The summed E-state index contributed by atoms with van der Waals surface area (Å²) in [7, 11) is 4.07. The van der Waals surface area contributed by atoms with Gasteiger partial charge in [0, 0.05) is 32.6 Å². The van der Waals surface area contributed by atoms with Gasteiger partial charge in [-0.15, -0.1) is 0 Å². The van der Waals surface area contributed by atoms with Crippen LogP contribution in [0.25, 0.3) is 0 Å². The standard InChI is InChI=1S/C23H28N2O.C2H6/c1-15(2)10-22(25(5)6)20-11-18-12-23(14-26,13-21(18)24-20)19-9-7-8-16(3)17(19)4;1-2/h7-10,14H,1,11-13H2,2-6H3;1-2H3/b22-10-;/t23-;/m1./s1. The third kappa shape index (κ3) is 4.04. The lowest BCUT2D eigenvalue weighted by Crippen LogP contribution is -2.28. The molecule has 0 unspecified atom stereocenters. The van der Waals surface area contributed by atoms with E-state index < -0.39 is 5.41 Å². The van der Waals surface area contributed by atoms with Crippen molar-refractivity contribution < 1.29 is 4.79 Å². The highest BCUT2D eigenvalue weighted by Crippen LogP contribution is 2.48. The zero-order chi connectivity index (χ0) is 21.1. The van der Waals surface area contributed by atoms with Gasteiger partial charge in [-0.05, 0) is 55.5 Å². The van der Waals surface area contributed by atoms with Crippen LogP contribution in [0.4, 0.5) is 0 Å². The molecule has 150 valence electrons. The topological polar surface area (TPSA) is 32.7 Å². The molecule has 0 N–H and O–H groups in total. The molecule has 1 aliphatic heterocycles. The molecular formula is C25H34N2O. The van der Waals surface area contributed by atoms with Gasteiger partial charge in [0.1, 0.15) is 6.29 Å². The maximum Gasteiger partial charge on any atom is 0.131 e. The van der Waals surface area contributed by atoms with Crippen molar-refractivity contribution in [3.63, 3.8) is 0 Å². The number of benzene rings is 1. The molecule has 3 heteroatoms. The van der Waals surface area contributed by atoms with Crippen LogP contribution >= 0.6 is 0 Å². The Bertz CT molecular complexity index is 871. The molecule has 1 aromatic carbocycles. The number of aldehydes is 1. The number of carbonyl (C=O) groups is 1. The van der Waals surface area contributed by atoms with E-state index in [0.29, 0.717) is 6.42 Å². The van der Waals surface area contributed by atoms with Gasteiger partial charge in [-0.1, -0.05) is 44.2 Å². The Morgan fingerprint density at radius 1 is 1.21 bits per heavy atom. The summed E-state index contributed by atoms with van der Waals surface area (Å²) in [6.45, 7) is 14.2. The number of aliphatic imine (C=N–C) groups is 1. The van der Waals surface area contributed by atoms with E-state index in [-0.39, 0.29) is 0 Å². The molecule has 1 heterocycles. The molecule has 1 aromatic rings. The Morgan fingerprint density at radius 3 is 2.43 bits per heavy atom. The molecule has 3 nitrogen and oxygen atoms in total. The number of rotatable bonds is 5. The predicted octanol–water partition coefficient (Wildman–Crippen LogP) is 5.68. The second kappa shape index (κ2) is 8.72. The predicted molar refractivity (Wildman–Crippen MR) is 120 cm³/mol. The summed E-state index contributed by atoms with van der Waals surface area (Å²) in [5.74, 6) is 0. The third-order valence-electron chi connectivity index (χ3n) is 5.60. The second-order valence-corrected chi connectivity index (χ2v) is 7.93. The summed E-state index contributed by atoms with van der Waals surface area (Å²) in [5, 5.41) is 0. The maximum absolute atomic E-state index is 12.2. The van der Waals surface area contributed by atoms with Crippen LogP contribution in [-0.4, -0.2) is 31.0 Å². The minimum atomic E-state index is -0.452. The highest BCUT2D eigenvalue weighted by molar-refractivity contribution is 6.04. The zero-order valence-corrected chi connectivity index (χ0v) is 18.5. The zero-order valence-electron chi connectivity index (χ0n) is 18.5. The molecule has 0 bridgehead atoms. The molecule has 0 saturated carbocycles. The fraction of sp³-hybridized carbons (Fsp3) is 0.440. The minimum absolute atomic E-state index is 0.452. The Balaban J connectivity index is 0.00000136. The van der Waals surface area contributed by atoms with Crippen molar-refractivity contribution in [2.45, 2.75) is 59.3 Å². The molecule has 0 spiro atoms. The number of nitrogens with zero attached hydrogens (tertiary/aromatic N) is 2. The van der Waals surface area contributed by atoms with E-state index in [0.717, 1.165) is 47.4 Å². The van der Waals surface area contributed by atoms with E-state index in [1.54, 1.807) is 0 Å². The Labute approximate surface area is 170 Å². The summed E-state index contributed by atoms with van der Waals surface area (Å²) >= 11 is 0. The molecule has 0 aromatic heterocycles. The van der Waals surface area contributed by atoms with Crippen molar-refractivity contribution in [2.75, 3.05) is 14.1 Å². The van der Waals surface area contributed by atoms with Gasteiger partial charge in [0.15, 0.2) is 0 Å². The molecular weight excluding hydrogens is 344 g/mol. The van der Waals surface area contributed by atoms with Crippen LogP contribution in [0.5, 0.6) is 0 Å². The molecule has 1 atom stereocenters. The van der Waals surface area contributed by atoms with Gasteiger partial charge in [-0.25, -0.2) is 0 Å². The lowest BCUT2D eigenvalue weighted by atomic mass is 9.75. The lowest BCUT2D eigenvalue weighted by molar-refractivity contribution is -0.112. The first-order chi connectivity index (χ1) is 13.3. The lowest BCUT2D eigenvalue weighted by Gasteiger charge is -2.27. The summed E-state index contributed by atoms with van der Waals surface area (Å²) in [6, 6.07) is 6.27. The van der Waals surface area contributed by atoms with Crippen molar-refractivity contribution in [1.82, 2.24) is 4.90 Å². The molecule has 0 saturated heterocycles. The number of hydrogen-bond donors (Lipinski definition) is 0. The van der Waals surface area contributed by atoms with E-state index in [9.17, 15) is 4.79 Å². The monoisotopic (exact) mass is 378 g/mol. The first kappa shape index (κ1) is 21.9. The van der Waals surface area contributed by atoms with Gasteiger partial charge >= 0.3 is 0 Å². The van der Waals surface area contributed by atoms with E-state index in [4.69, 9.17) is 4.99 Å². The Hall–Kier alpha value is -2.42. The first-order valence-corrected chi connectivity index (χ1v) is 10.1. The van der Waals surface area contributed by atoms with Crippen molar-refractivity contribution >= 4 is 12.0 Å². The van der Waals surface area contributed by atoms with Gasteiger partial charge in [0.05, 0.1) is 16.8 Å². The highest BCUT2D eigenvalue weighted by atomic mass is 16.1. The quantitative estimate of drug-likeness (QED) is 0.488. The van der Waals surface area contributed by atoms with E-state index >= 15 is 0 Å². The van der Waals surface area contributed by atoms with Crippen molar-refractivity contribution in [2.24, 2.45) is 4.99 Å². The normalized spacial score (nSPS) is 21.0. The van der Waals surface area contributed by atoms with E-state index in [2.05, 4.69) is 49.6 Å². The van der Waals surface area contributed by atoms with Gasteiger partial charge in [-0.3, -0.25) is 4.99 Å². The first-order valence-electron chi connectivity index (χ1n) is 10.1. The minimum Gasteiger partial charge on any atom is -0.376 e. The largest absolute Gasteiger partial charge is 0.376 e. The van der Waals surface area contributed by atoms with Gasteiger partial charge in [0.2, 0.25) is 0 Å². The third-order valence-corrected chi connectivity index (χ3v) is 5.60. The summed E-state index contributed by atoms with van der Waals surface area (Å²) in [5.41, 5.74) is 8.78. The Kier molecular flexibility index (Phi) is 6.82. The average Bonchev–Trinajstić information content (AvgIpc) is 3.19. The molecule has 28 heavy (non-hydrogen) atoms. The maximum atomic E-state index is 12.2. The van der Waals surface area contributed by atoms with Crippen LogP contribution < -0.4 is 0 Å². The summed E-state index contributed by atoms with van der Waals surface area (Å²) in [6.07, 6.45) is 5.54. The van der Waals surface area contributed by atoms with E-state index in [1.807, 2.05) is 34.9 Å². The van der Waals surface area contributed by atoms with Crippen molar-refractivity contribution in [1.29, 1.82) is 0 Å². The van der Waals surface area contributed by atoms with Crippen molar-refractivity contribution in [3.05, 3.63) is 70.1 Å². The van der Waals surface area contributed by atoms with Crippen LogP contribution in [0.1, 0.15) is 56.7 Å². The van der Waals surface area contributed by atoms with E-state index in [1.165, 1.54) is 16.7 Å². The number of allylic oxidation sites excluding steroid dienone is 5. The SMILES string of the molecule is C=C(C)/C=C(/C1=NC2=C(C1)C[C@@](C=O)(c1cccc(C)c1C)C2)N(C)C.CC. The van der Waals surface area contributed by atoms with Crippen LogP contribution in [-0.2, 0) is 10.2 Å². The summed E-state index contributed by atoms with van der Waals surface area (Å²) < 4.78 is 0. The van der Waals surface area contributed by atoms with Gasteiger partial charge in [0.25, 0.3) is 0 Å². The molecule has 0 fully saturated rings. The molecule has 0 amide bonds. The Morgan fingerprint density at radius 2 is 1.89 bits per heavy atom. The number of aryl methyl sites for hydroxylation is 1. The fourth-order valence-electron chi connectivity index (χ4n) is 4.14. The van der Waals surface area contributed by atoms with Crippen LogP contribution in [0.15, 0.2) is 58.4 Å². The van der Waals surface area contributed by atoms with Crippen LogP contribution in [0.2, 0.25) is 0 Å². The fourth-order valence-corrected chi connectivity index (χ4v) is 4.14. The van der Waals surface area contributed by atoms with Crippen LogP contribution in [0, 0.1) is 13.8 Å². The van der Waals surface area contributed by atoms with Crippen molar-refractivity contribution in [3.8, 4) is 0 Å². The van der Waals surface area contributed by atoms with Gasteiger partial charge < -0.3 is 9.69 Å². The molecule has 2 aliphatic rings. The highest BCUT2D eigenvalue weighted by Gasteiger charge is 2.43. The molecule has 3 rings (SSSR count). The molecule has 1 aliphatic carbocycles. The number of hydrogen-bond acceptors (Lipinski definition) is 3. The smallest absolute Gasteiger partial charge is 0.131 e. The second-order valence-electron chi connectivity index (χ2n) is 7.93. The average molecular weight is 379 g/mol. The molecule has 0 radical (unpaired) electrons. The van der Waals surface area contributed by atoms with Gasteiger partial charge in [-0.2, -0.15) is 0 Å².